The normalized spacial score (nSPS) is 11.8. The second kappa shape index (κ2) is 10.1. The smallest absolute Gasteiger partial charge is 0.137 e. The van der Waals surface area contributed by atoms with Crippen LogP contribution in [0.3, 0.4) is 0 Å². The molecule has 220 valence electrons. The third kappa shape index (κ3) is 3.92. The average Bonchev–Trinajstić information content (AvgIpc) is 3.82. The summed E-state index contributed by atoms with van der Waals surface area (Å²) < 4.78 is 6.92. The van der Waals surface area contributed by atoms with Crippen LogP contribution in [0.15, 0.2) is 170 Å². The molecule has 0 saturated carbocycles. The molecule has 0 aliphatic carbocycles. The largest absolute Gasteiger partial charge is 0.309 e. The standard InChI is InChI=1S/C43H28N4/c1-2-14-33(38-28-45-24-12-11-23-43(45)44-38)32(13-1)29-25-30(46-39-19-7-3-15-34(39)35-16-4-8-20-40(35)46)27-31(26-29)47-41-21-9-5-17-36(41)37-18-6-10-22-42(37)47/h1-28H. The number of aromatic nitrogens is 4. The molecular weight excluding hydrogens is 573 g/mol. The van der Waals surface area contributed by atoms with Gasteiger partial charge in [-0.1, -0.05) is 103 Å². The fraction of sp³-hybridized carbons (Fsp3) is 0. The quantitative estimate of drug-likeness (QED) is 0.197. The highest BCUT2D eigenvalue weighted by Crippen LogP contribution is 2.39. The maximum atomic E-state index is 5.03. The van der Waals surface area contributed by atoms with Crippen molar-refractivity contribution < 1.29 is 0 Å². The maximum Gasteiger partial charge on any atom is 0.137 e. The third-order valence-electron chi connectivity index (χ3n) is 9.46. The molecule has 0 fully saturated rings. The van der Waals surface area contributed by atoms with Gasteiger partial charge in [0.1, 0.15) is 5.65 Å². The summed E-state index contributed by atoms with van der Waals surface area (Å²) in [6, 6.07) is 56.7. The second-order valence-corrected chi connectivity index (χ2v) is 12.1. The Labute approximate surface area is 271 Å². The number of benzene rings is 6. The predicted molar refractivity (Wildman–Crippen MR) is 195 cm³/mol. The van der Waals surface area contributed by atoms with E-state index in [0.29, 0.717) is 0 Å². The molecule has 0 N–H and O–H groups in total. The molecular formula is C43H28N4. The van der Waals surface area contributed by atoms with Crippen molar-refractivity contribution in [2.75, 3.05) is 0 Å². The SMILES string of the molecule is c1ccc(-c2cn3ccccc3n2)c(-c2cc(-n3c4ccccc4c4ccccc43)cc(-n3c4ccccc4c4ccccc43)c2)c1. The third-order valence-corrected chi connectivity index (χ3v) is 9.46. The van der Waals surface area contributed by atoms with Crippen LogP contribution in [0.4, 0.5) is 0 Å². The molecule has 4 nitrogen and oxygen atoms in total. The number of hydrogen-bond donors (Lipinski definition) is 0. The highest BCUT2D eigenvalue weighted by atomic mass is 15.0. The molecule has 0 bridgehead atoms. The Morgan fingerprint density at radius 2 is 0.851 bits per heavy atom. The van der Waals surface area contributed by atoms with Crippen molar-refractivity contribution in [3.8, 4) is 33.8 Å². The van der Waals surface area contributed by atoms with Gasteiger partial charge in [0.05, 0.1) is 27.8 Å². The van der Waals surface area contributed by atoms with Crippen LogP contribution in [-0.2, 0) is 0 Å². The van der Waals surface area contributed by atoms with E-state index >= 15 is 0 Å². The van der Waals surface area contributed by atoms with Gasteiger partial charge in [0.15, 0.2) is 0 Å². The summed E-state index contributed by atoms with van der Waals surface area (Å²) in [6.07, 6.45) is 4.18. The van der Waals surface area contributed by atoms with E-state index in [4.69, 9.17) is 4.98 Å². The van der Waals surface area contributed by atoms with Crippen LogP contribution in [0.1, 0.15) is 0 Å². The minimum atomic E-state index is 0.933. The average molecular weight is 601 g/mol. The molecule has 0 saturated heterocycles. The van der Waals surface area contributed by atoms with E-state index < -0.39 is 0 Å². The zero-order chi connectivity index (χ0) is 30.9. The highest BCUT2D eigenvalue weighted by molar-refractivity contribution is 6.10. The van der Waals surface area contributed by atoms with Crippen molar-refractivity contribution in [3.63, 3.8) is 0 Å². The number of para-hydroxylation sites is 4. The summed E-state index contributed by atoms with van der Waals surface area (Å²) in [4.78, 5) is 5.03. The number of imidazole rings is 1. The molecule has 4 aromatic heterocycles. The number of hydrogen-bond acceptors (Lipinski definition) is 1. The summed E-state index contributed by atoms with van der Waals surface area (Å²) in [5, 5.41) is 4.99. The van der Waals surface area contributed by atoms with Crippen molar-refractivity contribution >= 4 is 49.3 Å². The van der Waals surface area contributed by atoms with Crippen molar-refractivity contribution in [3.05, 3.63) is 170 Å². The molecule has 0 aliphatic heterocycles. The summed E-state index contributed by atoms with van der Waals surface area (Å²) in [5.74, 6) is 0. The van der Waals surface area contributed by atoms with Gasteiger partial charge in [-0.25, -0.2) is 4.98 Å². The molecule has 4 heterocycles. The maximum absolute atomic E-state index is 5.03. The Morgan fingerprint density at radius 3 is 1.36 bits per heavy atom. The summed E-state index contributed by atoms with van der Waals surface area (Å²) in [5.41, 5.74) is 12.2. The molecule has 0 amide bonds. The Kier molecular flexibility index (Phi) is 5.54. The van der Waals surface area contributed by atoms with Gasteiger partial charge in [-0.2, -0.15) is 0 Å². The van der Waals surface area contributed by atoms with E-state index in [2.05, 4.69) is 172 Å². The Bertz CT molecular complexity index is 2540. The van der Waals surface area contributed by atoms with Crippen LogP contribution >= 0.6 is 0 Å². The number of nitrogens with zero attached hydrogens (tertiary/aromatic N) is 4. The van der Waals surface area contributed by atoms with Crippen LogP contribution in [0, 0.1) is 0 Å². The molecule has 10 aromatic rings. The first-order chi connectivity index (χ1) is 23.3. The molecule has 0 spiro atoms. The summed E-state index contributed by atoms with van der Waals surface area (Å²) in [7, 11) is 0. The van der Waals surface area contributed by atoms with E-state index in [-0.39, 0.29) is 0 Å². The minimum Gasteiger partial charge on any atom is -0.309 e. The first-order valence-electron chi connectivity index (χ1n) is 16.0. The molecule has 0 unspecified atom stereocenters. The van der Waals surface area contributed by atoms with Gasteiger partial charge < -0.3 is 13.5 Å². The number of pyridine rings is 1. The van der Waals surface area contributed by atoms with E-state index in [1.165, 1.54) is 43.6 Å². The fourth-order valence-electron chi connectivity index (χ4n) is 7.43. The Balaban J connectivity index is 1.31. The molecule has 0 aliphatic rings. The monoisotopic (exact) mass is 600 g/mol. The molecule has 10 rings (SSSR count). The van der Waals surface area contributed by atoms with Crippen molar-refractivity contribution in [1.82, 2.24) is 18.5 Å². The summed E-state index contributed by atoms with van der Waals surface area (Å²) >= 11 is 0. The van der Waals surface area contributed by atoms with Gasteiger partial charge in [-0.05, 0) is 65.7 Å². The minimum absolute atomic E-state index is 0.933. The van der Waals surface area contributed by atoms with E-state index in [0.717, 1.165) is 39.4 Å². The lowest BCUT2D eigenvalue weighted by molar-refractivity contribution is 1.13. The summed E-state index contributed by atoms with van der Waals surface area (Å²) in [6.45, 7) is 0. The second-order valence-electron chi connectivity index (χ2n) is 12.1. The zero-order valence-electron chi connectivity index (χ0n) is 25.5. The van der Waals surface area contributed by atoms with Crippen molar-refractivity contribution in [1.29, 1.82) is 0 Å². The molecule has 0 atom stereocenters. The van der Waals surface area contributed by atoms with Crippen molar-refractivity contribution in [2.24, 2.45) is 0 Å². The van der Waals surface area contributed by atoms with E-state index in [1.807, 2.05) is 12.1 Å². The zero-order valence-corrected chi connectivity index (χ0v) is 25.5. The first-order valence-corrected chi connectivity index (χ1v) is 16.0. The molecule has 6 aromatic carbocycles. The van der Waals surface area contributed by atoms with Crippen LogP contribution in [0.2, 0.25) is 0 Å². The van der Waals surface area contributed by atoms with E-state index in [9.17, 15) is 0 Å². The van der Waals surface area contributed by atoms with Crippen LogP contribution in [-0.4, -0.2) is 18.5 Å². The van der Waals surface area contributed by atoms with Crippen LogP contribution in [0.5, 0.6) is 0 Å². The van der Waals surface area contributed by atoms with Gasteiger partial charge in [0.2, 0.25) is 0 Å². The highest BCUT2D eigenvalue weighted by Gasteiger charge is 2.18. The first kappa shape index (κ1) is 25.9. The molecule has 0 radical (unpaired) electrons. The topological polar surface area (TPSA) is 27.2 Å². The lowest BCUT2D eigenvalue weighted by atomic mass is 9.97. The van der Waals surface area contributed by atoms with Crippen LogP contribution < -0.4 is 0 Å². The van der Waals surface area contributed by atoms with Gasteiger partial charge >= 0.3 is 0 Å². The van der Waals surface area contributed by atoms with Gasteiger partial charge in [-0.15, -0.1) is 0 Å². The Morgan fingerprint density at radius 1 is 0.404 bits per heavy atom. The lowest BCUT2D eigenvalue weighted by Crippen LogP contribution is -2.00. The fourth-order valence-corrected chi connectivity index (χ4v) is 7.43. The van der Waals surface area contributed by atoms with Gasteiger partial charge in [0.25, 0.3) is 0 Å². The molecule has 47 heavy (non-hydrogen) atoms. The van der Waals surface area contributed by atoms with Gasteiger partial charge in [0, 0.05) is 50.9 Å². The van der Waals surface area contributed by atoms with Crippen molar-refractivity contribution in [2.45, 2.75) is 0 Å². The van der Waals surface area contributed by atoms with E-state index in [1.54, 1.807) is 0 Å². The predicted octanol–water partition coefficient (Wildman–Crippen LogP) is 10.9. The lowest BCUT2D eigenvalue weighted by Gasteiger charge is -2.17. The Hall–Kier alpha value is -6.39. The number of fused-ring (bicyclic) bond motifs is 7. The number of rotatable bonds is 4. The van der Waals surface area contributed by atoms with Crippen LogP contribution in [0.25, 0.3) is 83.0 Å². The van der Waals surface area contributed by atoms with Gasteiger partial charge in [-0.3, -0.25) is 0 Å². The molecule has 4 heteroatoms.